The predicted octanol–water partition coefficient (Wildman–Crippen LogP) is 1.88. The van der Waals surface area contributed by atoms with E-state index in [1.54, 1.807) is 7.11 Å². The van der Waals surface area contributed by atoms with E-state index in [1.807, 2.05) is 0 Å². The number of hydrogen-bond donors (Lipinski definition) is 0. The van der Waals surface area contributed by atoms with Crippen LogP contribution in [0.3, 0.4) is 0 Å². The highest BCUT2D eigenvalue weighted by Gasteiger charge is 2.35. The first-order valence-corrected chi connectivity index (χ1v) is 5.23. The Morgan fingerprint density at radius 1 is 1.38 bits per heavy atom. The average Bonchev–Trinajstić information content (AvgIpc) is 2.63. The minimum absolute atomic E-state index is 0.903. The first-order valence-electron chi connectivity index (χ1n) is 5.23. The lowest BCUT2D eigenvalue weighted by atomic mass is 10.0. The molecule has 2 aliphatic rings. The lowest BCUT2D eigenvalue weighted by Crippen LogP contribution is -2.24. The Balaban J connectivity index is 1.82. The van der Waals surface area contributed by atoms with Gasteiger partial charge in [-0.3, -0.25) is 4.90 Å². The summed E-state index contributed by atoms with van der Waals surface area (Å²) in [6.07, 6.45) is 4.34. The number of nitrogens with zero attached hydrogens (tertiary/aromatic N) is 1. The van der Waals surface area contributed by atoms with Gasteiger partial charge in [0.2, 0.25) is 0 Å². The highest BCUT2D eigenvalue weighted by molar-refractivity contribution is 4.94. The fourth-order valence-electron chi connectivity index (χ4n) is 2.78. The molecule has 1 aliphatic heterocycles. The van der Waals surface area contributed by atoms with Crippen LogP contribution in [0, 0.1) is 11.8 Å². The smallest absolute Gasteiger partial charge is 0.102 e. The number of methoxy groups -OCH3 is 1. The molecule has 2 fully saturated rings. The van der Waals surface area contributed by atoms with Crippen molar-refractivity contribution in [2.75, 3.05) is 26.7 Å². The second kappa shape index (κ2) is 3.70. The minimum atomic E-state index is 0.903. The van der Waals surface area contributed by atoms with Crippen LogP contribution in [0.25, 0.3) is 0 Å². The Morgan fingerprint density at radius 3 is 2.54 bits per heavy atom. The van der Waals surface area contributed by atoms with Gasteiger partial charge >= 0.3 is 0 Å². The summed E-state index contributed by atoms with van der Waals surface area (Å²) in [5.74, 6) is 2.86. The van der Waals surface area contributed by atoms with Crippen molar-refractivity contribution in [1.82, 2.24) is 4.90 Å². The zero-order chi connectivity index (χ0) is 9.26. The zero-order valence-electron chi connectivity index (χ0n) is 8.46. The van der Waals surface area contributed by atoms with Gasteiger partial charge in [0.15, 0.2) is 0 Å². The van der Waals surface area contributed by atoms with Crippen LogP contribution in [0.2, 0.25) is 0 Å². The summed E-state index contributed by atoms with van der Waals surface area (Å²) in [7, 11) is 1.71. The molecule has 1 saturated carbocycles. The second-order valence-corrected chi connectivity index (χ2v) is 4.39. The van der Waals surface area contributed by atoms with Crippen molar-refractivity contribution >= 4 is 0 Å². The standard InChI is InChI=1S/C11H19NO/c1-9(13-2)6-12-7-10-4-3-5-11(10)8-12/h10-11H,1,3-8H2,2H3. The molecule has 2 nitrogen and oxygen atoms in total. The van der Waals surface area contributed by atoms with Crippen LogP contribution in [-0.2, 0) is 4.74 Å². The minimum Gasteiger partial charge on any atom is -0.500 e. The van der Waals surface area contributed by atoms with E-state index in [0.717, 1.165) is 24.1 Å². The molecule has 1 aliphatic carbocycles. The molecule has 0 amide bonds. The summed E-state index contributed by atoms with van der Waals surface area (Å²) >= 11 is 0. The molecule has 0 radical (unpaired) electrons. The van der Waals surface area contributed by atoms with Gasteiger partial charge in [-0.1, -0.05) is 13.0 Å². The molecule has 2 heteroatoms. The molecule has 1 heterocycles. The highest BCUT2D eigenvalue weighted by atomic mass is 16.5. The zero-order valence-corrected chi connectivity index (χ0v) is 8.46. The molecule has 0 aromatic carbocycles. The summed E-state index contributed by atoms with van der Waals surface area (Å²) in [4.78, 5) is 2.49. The Labute approximate surface area is 80.6 Å². The summed E-state index contributed by atoms with van der Waals surface area (Å²) < 4.78 is 5.10. The third-order valence-electron chi connectivity index (χ3n) is 3.49. The molecule has 0 spiro atoms. The van der Waals surface area contributed by atoms with Crippen LogP contribution in [0.4, 0.5) is 0 Å². The monoisotopic (exact) mass is 181 g/mol. The highest BCUT2D eigenvalue weighted by Crippen LogP contribution is 2.37. The van der Waals surface area contributed by atoms with E-state index in [0.29, 0.717) is 0 Å². The fourth-order valence-corrected chi connectivity index (χ4v) is 2.78. The molecule has 0 N–H and O–H groups in total. The molecule has 2 rings (SSSR count). The Hall–Kier alpha value is -0.500. The Kier molecular flexibility index (Phi) is 2.58. The quantitative estimate of drug-likeness (QED) is 0.616. The molecule has 0 bridgehead atoms. The van der Waals surface area contributed by atoms with Crippen LogP contribution in [0.5, 0.6) is 0 Å². The van der Waals surface area contributed by atoms with Crippen LogP contribution < -0.4 is 0 Å². The first-order chi connectivity index (χ1) is 6.29. The maximum absolute atomic E-state index is 5.10. The van der Waals surface area contributed by atoms with Crippen molar-refractivity contribution < 1.29 is 4.74 Å². The third-order valence-corrected chi connectivity index (χ3v) is 3.49. The van der Waals surface area contributed by atoms with Gasteiger partial charge in [0.05, 0.1) is 13.7 Å². The number of hydrogen-bond acceptors (Lipinski definition) is 2. The molecular weight excluding hydrogens is 162 g/mol. The van der Waals surface area contributed by atoms with E-state index in [9.17, 15) is 0 Å². The molecule has 1 saturated heterocycles. The average molecular weight is 181 g/mol. The van der Waals surface area contributed by atoms with Crippen LogP contribution in [-0.4, -0.2) is 31.6 Å². The summed E-state index contributed by atoms with van der Waals surface area (Å²) in [5.41, 5.74) is 0. The number of rotatable bonds is 3. The van der Waals surface area contributed by atoms with Crippen LogP contribution >= 0.6 is 0 Å². The maximum atomic E-state index is 5.10. The van der Waals surface area contributed by atoms with E-state index in [4.69, 9.17) is 4.74 Å². The molecule has 74 valence electrons. The molecule has 0 aromatic heterocycles. The van der Waals surface area contributed by atoms with Gasteiger partial charge in [0.1, 0.15) is 5.76 Å². The maximum Gasteiger partial charge on any atom is 0.102 e. The van der Waals surface area contributed by atoms with Gasteiger partial charge < -0.3 is 4.74 Å². The summed E-state index contributed by atoms with van der Waals surface area (Å²) in [5, 5.41) is 0. The lowest BCUT2D eigenvalue weighted by molar-refractivity contribution is 0.228. The van der Waals surface area contributed by atoms with Crippen molar-refractivity contribution in [2.45, 2.75) is 19.3 Å². The molecule has 2 unspecified atom stereocenters. The number of fused-ring (bicyclic) bond motifs is 1. The van der Waals surface area contributed by atoms with E-state index < -0.39 is 0 Å². The van der Waals surface area contributed by atoms with Crippen molar-refractivity contribution in [3.8, 4) is 0 Å². The SMILES string of the molecule is C=C(CN1CC2CCCC2C1)OC. The van der Waals surface area contributed by atoms with Gasteiger partial charge in [-0.2, -0.15) is 0 Å². The normalized spacial score (nSPS) is 33.3. The van der Waals surface area contributed by atoms with Gasteiger partial charge in [-0.05, 0) is 24.7 Å². The van der Waals surface area contributed by atoms with Gasteiger partial charge in [-0.15, -0.1) is 0 Å². The van der Waals surface area contributed by atoms with E-state index >= 15 is 0 Å². The van der Waals surface area contributed by atoms with Crippen molar-refractivity contribution in [3.63, 3.8) is 0 Å². The molecule has 0 aromatic rings. The van der Waals surface area contributed by atoms with Gasteiger partial charge in [0.25, 0.3) is 0 Å². The Morgan fingerprint density at radius 2 is 2.00 bits per heavy atom. The van der Waals surface area contributed by atoms with Crippen molar-refractivity contribution in [3.05, 3.63) is 12.3 Å². The predicted molar refractivity (Wildman–Crippen MR) is 53.4 cm³/mol. The number of ether oxygens (including phenoxy) is 1. The fraction of sp³-hybridized carbons (Fsp3) is 0.818. The second-order valence-electron chi connectivity index (χ2n) is 4.39. The van der Waals surface area contributed by atoms with Crippen LogP contribution in [0.1, 0.15) is 19.3 Å². The van der Waals surface area contributed by atoms with E-state index in [2.05, 4.69) is 11.5 Å². The van der Waals surface area contributed by atoms with Crippen molar-refractivity contribution in [2.24, 2.45) is 11.8 Å². The summed E-state index contributed by atoms with van der Waals surface area (Å²) in [6, 6.07) is 0. The molecular formula is C11H19NO. The summed E-state index contributed by atoms with van der Waals surface area (Å²) in [6.45, 7) is 7.34. The first kappa shape index (κ1) is 9.07. The van der Waals surface area contributed by atoms with E-state index in [-0.39, 0.29) is 0 Å². The topological polar surface area (TPSA) is 12.5 Å². The lowest BCUT2D eigenvalue weighted by Gasteiger charge is -2.17. The third kappa shape index (κ3) is 1.88. The van der Waals surface area contributed by atoms with Crippen LogP contribution in [0.15, 0.2) is 12.3 Å². The largest absolute Gasteiger partial charge is 0.500 e. The van der Waals surface area contributed by atoms with Gasteiger partial charge in [0, 0.05) is 13.1 Å². The number of likely N-dealkylation sites (tertiary alicyclic amines) is 1. The van der Waals surface area contributed by atoms with Crippen molar-refractivity contribution in [1.29, 1.82) is 0 Å². The molecule has 2 atom stereocenters. The van der Waals surface area contributed by atoms with E-state index in [1.165, 1.54) is 32.4 Å². The van der Waals surface area contributed by atoms with Gasteiger partial charge in [-0.25, -0.2) is 0 Å². The Bertz CT molecular complexity index is 190. The molecule has 13 heavy (non-hydrogen) atoms.